The van der Waals surface area contributed by atoms with E-state index < -0.39 is 4.84 Å². The van der Waals surface area contributed by atoms with Crippen LogP contribution in [0.15, 0.2) is 18.2 Å². The molecular formula is C14H20Cl2O. The normalized spacial score (nSPS) is 11.1. The van der Waals surface area contributed by atoms with Crippen molar-refractivity contribution in [3.63, 3.8) is 0 Å². The highest BCUT2D eigenvalue weighted by atomic mass is 35.5. The minimum Gasteiger partial charge on any atom is -0.508 e. The monoisotopic (exact) mass is 274 g/mol. The maximum absolute atomic E-state index is 9.58. The van der Waals surface area contributed by atoms with Crippen molar-refractivity contribution < 1.29 is 5.11 Å². The summed E-state index contributed by atoms with van der Waals surface area (Å²) in [6, 6.07) is 5.52. The predicted molar refractivity (Wildman–Crippen MR) is 75.0 cm³/mol. The summed E-state index contributed by atoms with van der Waals surface area (Å²) in [7, 11) is 0. The lowest BCUT2D eigenvalue weighted by Gasteiger charge is -2.08. The number of aromatic hydroxyl groups is 1. The zero-order chi connectivity index (χ0) is 12.7. The molecule has 1 rings (SSSR count). The van der Waals surface area contributed by atoms with Gasteiger partial charge in [0.2, 0.25) is 0 Å². The molecule has 1 nitrogen and oxygen atoms in total. The summed E-state index contributed by atoms with van der Waals surface area (Å²) in [5.74, 6) is 0.176. The van der Waals surface area contributed by atoms with E-state index in [-0.39, 0.29) is 5.75 Å². The molecule has 1 aromatic carbocycles. The molecule has 0 aliphatic heterocycles. The first-order chi connectivity index (χ1) is 8.15. The van der Waals surface area contributed by atoms with Gasteiger partial charge in [-0.3, -0.25) is 0 Å². The Kier molecular flexibility index (Phi) is 6.76. The van der Waals surface area contributed by atoms with Crippen LogP contribution in [0.2, 0.25) is 0 Å². The fourth-order valence-corrected chi connectivity index (χ4v) is 2.22. The van der Waals surface area contributed by atoms with Gasteiger partial charge in [-0.05, 0) is 30.5 Å². The zero-order valence-electron chi connectivity index (χ0n) is 10.3. The predicted octanol–water partition coefficient (Wildman–Crippen LogP) is 5.38. The van der Waals surface area contributed by atoms with Crippen LogP contribution in [0.5, 0.6) is 5.75 Å². The second-order valence-electron chi connectivity index (χ2n) is 4.36. The first-order valence-corrected chi connectivity index (χ1v) is 7.12. The lowest BCUT2D eigenvalue weighted by Crippen LogP contribution is -1.90. The van der Waals surface area contributed by atoms with Gasteiger partial charge in [0.1, 0.15) is 10.6 Å². The number of benzene rings is 1. The van der Waals surface area contributed by atoms with Crippen LogP contribution in [0.4, 0.5) is 0 Å². The van der Waals surface area contributed by atoms with Gasteiger partial charge in [-0.1, -0.05) is 61.9 Å². The largest absolute Gasteiger partial charge is 0.508 e. The van der Waals surface area contributed by atoms with E-state index in [9.17, 15) is 5.11 Å². The van der Waals surface area contributed by atoms with Crippen LogP contribution in [0, 0.1) is 0 Å². The zero-order valence-corrected chi connectivity index (χ0v) is 11.8. The highest BCUT2D eigenvalue weighted by molar-refractivity contribution is 6.44. The minimum absolute atomic E-state index is 0.176. The van der Waals surface area contributed by atoms with E-state index in [2.05, 4.69) is 6.92 Å². The van der Waals surface area contributed by atoms with E-state index in [0.717, 1.165) is 6.42 Å². The summed E-state index contributed by atoms with van der Waals surface area (Å²) in [6.07, 6.45) is 7.34. The third-order valence-corrected chi connectivity index (χ3v) is 3.37. The Bertz CT molecular complexity index is 337. The molecule has 3 heteroatoms. The maximum Gasteiger partial charge on any atom is 0.136 e. The van der Waals surface area contributed by atoms with Crippen molar-refractivity contribution in [1.82, 2.24) is 0 Å². The van der Waals surface area contributed by atoms with Crippen LogP contribution in [0.25, 0.3) is 0 Å². The van der Waals surface area contributed by atoms with Gasteiger partial charge >= 0.3 is 0 Å². The number of alkyl halides is 2. The van der Waals surface area contributed by atoms with Gasteiger partial charge in [0.05, 0.1) is 0 Å². The Morgan fingerprint density at radius 3 is 2.47 bits per heavy atom. The maximum atomic E-state index is 9.58. The fraction of sp³-hybridized carbons (Fsp3) is 0.571. The molecule has 0 radical (unpaired) electrons. The Hall–Kier alpha value is -0.400. The van der Waals surface area contributed by atoms with Gasteiger partial charge in [0.15, 0.2) is 0 Å². The van der Waals surface area contributed by atoms with Gasteiger partial charge in [-0.25, -0.2) is 0 Å². The summed E-state index contributed by atoms with van der Waals surface area (Å²) in [5, 5.41) is 9.58. The second-order valence-corrected chi connectivity index (χ2v) is 5.45. The molecule has 0 heterocycles. The molecule has 0 spiro atoms. The van der Waals surface area contributed by atoms with Crippen LogP contribution >= 0.6 is 23.2 Å². The average molecular weight is 275 g/mol. The van der Waals surface area contributed by atoms with Gasteiger partial charge in [0.25, 0.3) is 0 Å². The van der Waals surface area contributed by atoms with E-state index >= 15 is 0 Å². The van der Waals surface area contributed by atoms with E-state index in [0.29, 0.717) is 5.56 Å². The number of unbranched alkanes of at least 4 members (excludes halogenated alkanes) is 4. The topological polar surface area (TPSA) is 20.2 Å². The number of hydrogen-bond acceptors (Lipinski definition) is 1. The lowest BCUT2D eigenvalue weighted by molar-refractivity contribution is 0.469. The highest BCUT2D eigenvalue weighted by Crippen LogP contribution is 2.32. The summed E-state index contributed by atoms with van der Waals surface area (Å²) in [4.78, 5) is -0.657. The summed E-state index contributed by atoms with van der Waals surface area (Å²) < 4.78 is 0. The highest BCUT2D eigenvalue weighted by Gasteiger charge is 2.09. The number of rotatable bonds is 7. The molecule has 0 amide bonds. The van der Waals surface area contributed by atoms with E-state index in [4.69, 9.17) is 23.2 Å². The Balaban J connectivity index is 2.46. The van der Waals surface area contributed by atoms with Crippen molar-refractivity contribution in [2.45, 2.75) is 50.3 Å². The Morgan fingerprint density at radius 1 is 1.12 bits per heavy atom. The summed E-state index contributed by atoms with van der Waals surface area (Å²) in [6.45, 7) is 2.22. The average Bonchev–Trinajstić information content (AvgIpc) is 2.30. The number of phenolic OH excluding ortho intramolecular Hbond substituents is 1. The smallest absolute Gasteiger partial charge is 0.136 e. The van der Waals surface area contributed by atoms with Crippen molar-refractivity contribution in [1.29, 1.82) is 0 Å². The Labute approximate surface area is 114 Å². The molecular weight excluding hydrogens is 255 g/mol. The number of aryl methyl sites for hydroxylation is 1. The van der Waals surface area contributed by atoms with E-state index in [1.54, 1.807) is 6.07 Å². The fourth-order valence-electron chi connectivity index (χ4n) is 1.87. The van der Waals surface area contributed by atoms with Crippen LogP contribution in [-0.4, -0.2) is 5.11 Å². The Morgan fingerprint density at radius 2 is 1.82 bits per heavy atom. The van der Waals surface area contributed by atoms with Crippen LogP contribution in [0.3, 0.4) is 0 Å². The molecule has 0 aliphatic rings. The molecule has 0 aromatic heterocycles. The summed E-state index contributed by atoms with van der Waals surface area (Å²) >= 11 is 11.6. The number of phenols is 1. The van der Waals surface area contributed by atoms with Crippen molar-refractivity contribution in [3.05, 3.63) is 29.3 Å². The third-order valence-electron chi connectivity index (χ3n) is 2.90. The minimum atomic E-state index is -0.657. The van der Waals surface area contributed by atoms with E-state index in [1.807, 2.05) is 12.1 Å². The van der Waals surface area contributed by atoms with Gasteiger partial charge in [0, 0.05) is 5.56 Å². The molecule has 1 aromatic rings. The number of halogens is 2. The molecule has 0 fully saturated rings. The second kappa shape index (κ2) is 7.84. The van der Waals surface area contributed by atoms with Crippen molar-refractivity contribution >= 4 is 23.2 Å². The molecule has 0 unspecified atom stereocenters. The van der Waals surface area contributed by atoms with E-state index in [1.165, 1.54) is 37.7 Å². The quantitative estimate of drug-likeness (QED) is 0.523. The van der Waals surface area contributed by atoms with Gasteiger partial charge < -0.3 is 5.11 Å². The van der Waals surface area contributed by atoms with Crippen LogP contribution < -0.4 is 0 Å². The molecule has 0 saturated heterocycles. The molecule has 17 heavy (non-hydrogen) atoms. The van der Waals surface area contributed by atoms with Crippen molar-refractivity contribution in [3.8, 4) is 5.75 Å². The molecule has 1 N–H and O–H groups in total. The van der Waals surface area contributed by atoms with Crippen molar-refractivity contribution in [2.75, 3.05) is 0 Å². The van der Waals surface area contributed by atoms with Gasteiger partial charge in [-0.2, -0.15) is 0 Å². The summed E-state index contributed by atoms with van der Waals surface area (Å²) in [5.41, 5.74) is 1.81. The van der Waals surface area contributed by atoms with Crippen LogP contribution in [-0.2, 0) is 6.42 Å². The standard InChI is InChI=1S/C14H20Cl2O/c1-2-3-4-5-6-7-11-8-9-13(17)12(10-11)14(15)16/h8-10,14,17H,2-7H2,1H3. The lowest BCUT2D eigenvalue weighted by atomic mass is 10.0. The number of hydrogen-bond donors (Lipinski definition) is 1. The van der Waals surface area contributed by atoms with Gasteiger partial charge in [-0.15, -0.1) is 0 Å². The SMILES string of the molecule is CCCCCCCc1ccc(O)c(C(Cl)Cl)c1. The first-order valence-electron chi connectivity index (χ1n) is 6.25. The molecule has 96 valence electrons. The molecule has 0 aliphatic carbocycles. The molecule has 0 atom stereocenters. The van der Waals surface area contributed by atoms with Crippen molar-refractivity contribution in [2.24, 2.45) is 0 Å². The first kappa shape index (κ1) is 14.7. The molecule has 0 bridgehead atoms. The molecule has 0 saturated carbocycles. The third kappa shape index (κ3) is 5.18. The van der Waals surface area contributed by atoms with Crippen LogP contribution in [0.1, 0.15) is 55.0 Å².